The third kappa shape index (κ3) is 3.95. The Morgan fingerprint density at radius 3 is 2.64 bits per heavy atom. The third-order valence-electron chi connectivity index (χ3n) is 3.69. The zero-order chi connectivity index (χ0) is 16.1. The van der Waals surface area contributed by atoms with Crippen LogP contribution in [0.25, 0.3) is 0 Å². The molecule has 0 fully saturated rings. The molecule has 22 heavy (non-hydrogen) atoms. The molecule has 1 aromatic carbocycles. The number of carbonyl (C=O) groups excluding carboxylic acids is 1. The van der Waals surface area contributed by atoms with E-state index in [0.717, 1.165) is 16.0 Å². The molecule has 0 aliphatic carbocycles. The van der Waals surface area contributed by atoms with Crippen LogP contribution in [0.15, 0.2) is 35.7 Å². The molecule has 5 heteroatoms. The van der Waals surface area contributed by atoms with Crippen molar-refractivity contribution in [2.75, 3.05) is 0 Å². The van der Waals surface area contributed by atoms with Crippen molar-refractivity contribution >= 4 is 23.2 Å². The predicted octanol–water partition coefficient (Wildman–Crippen LogP) is 3.24. The number of aryl methyl sites for hydroxylation is 2. The first-order valence-electron chi connectivity index (χ1n) is 7.09. The van der Waals surface area contributed by atoms with E-state index in [1.54, 1.807) is 17.4 Å². The van der Waals surface area contributed by atoms with E-state index in [-0.39, 0.29) is 12.3 Å². The maximum atomic E-state index is 12.1. The van der Waals surface area contributed by atoms with Crippen LogP contribution >= 0.6 is 11.3 Å². The summed E-state index contributed by atoms with van der Waals surface area (Å²) in [7, 11) is 0. The maximum absolute atomic E-state index is 12.1. The fraction of sp³-hybridized carbons (Fsp3) is 0.294. The largest absolute Gasteiger partial charge is 0.479 e. The summed E-state index contributed by atoms with van der Waals surface area (Å²) in [5.41, 5.74) is 2.54. The highest BCUT2D eigenvalue weighted by Gasteiger charge is 2.23. The van der Waals surface area contributed by atoms with Crippen LogP contribution in [0.4, 0.5) is 0 Å². The van der Waals surface area contributed by atoms with Crippen LogP contribution in [-0.4, -0.2) is 17.0 Å². The van der Waals surface area contributed by atoms with Crippen LogP contribution < -0.4 is 5.32 Å². The summed E-state index contributed by atoms with van der Waals surface area (Å²) in [6, 6.07) is 8.39. The standard InChI is InChI=1S/C17H19NO3S/c1-11-5-3-7-14(12(11)2)16(17(20)21)18-15(19)9-8-13-6-4-10-22-13/h3-7,10,16H,8-9H2,1-2H3,(H,18,19)(H,20,21). The molecule has 1 amide bonds. The lowest BCUT2D eigenvalue weighted by atomic mass is 9.97. The Labute approximate surface area is 133 Å². The van der Waals surface area contributed by atoms with Gasteiger partial charge in [-0.2, -0.15) is 0 Å². The van der Waals surface area contributed by atoms with E-state index >= 15 is 0 Å². The summed E-state index contributed by atoms with van der Waals surface area (Å²) in [4.78, 5) is 24.7. The minimum Gasteiger partial charge on any atom is -0.479 e. The number of carbonyl (C=O) groups is 2. The van der Waals surface area contributed by atoms with Gasteiger partial charge < -0.3 is 10.4 Å². The van der Waals surface area contributed by atoms with Crippen molar-refractivity contribution in [3.63, 3.8) is 0 Å². The van der Waals surface area contributed by atoms with Crippen LogP contribution in [-0.2, 0) is 16.0 Å². The molecule has 2 rings (SSSR count). The normalized spacial score (nSPS) is 11.9. The average molecular weight is 317 g/mol. The first-order chi connectivity index (χ1) is 10.5. The second-order valence-corrected chi connectivity index (χ2v) is 6.24. The lowest BCUT2D eigenvalue weighted by molar-refractivity contribution is -0.142. The van der Waals surface area contributed by atoms with Crippen LogP contribution in [0.2, 0.25) is 0 Å². The van der Waals surface area contributed by atoms with Crippen molar-refractivity contribution < 1.29 is 14.7 Å². The molecule has 2 aromatic rings. The van der Waals surface area contributed by atoms with Crippen LogP contribution in [0.5, 0.6) is 0 Å². The van der Waals surface area contributed by atoms with E-state index in [0.29, 0.717) is 12.0 Å². The lowest BCUT2D eigenvalue weighted by Crippen LogP contribution is -2.34. The predicted molar refractivity (Wildman–Crippen MR) is 87.1 cm³/mol. The molecule has 0 saturated heterocycles. The number of carboxylic acid groups (broad SMARTS) is 1. The Hall–Kier alpha value is -2.14. The third-order valence-corrected chi connectivity index (χ3v) is 4.62. The number of amides is 1. The van der Waals surface area contributed by atoms with Gasteiger partial charge in [0.1, 0.15) is 0 Å². The van der Waals surface area contributed by atoms with Crippen LogP contribution in [0.1, 0.15) is 34.0 Å². The van der Waals surface area contributed by atoms with Gasteiger partial charge in [0.05, 0.1) is 0 Å². The molecule has 0 aliphatic rings. The molecule has 0 saturated carbocycles. The molecule has 0 aliphatic heterocycles. The van der Waals surface area contributed by atoms with Gasteiger partial charge >= 0.3 is 5.97 Å². The van der Waals surface area contributed by atoms with Gasteiger partial charge in [-0.3, -0.25) is 4.79 Å². The van der Waals surface area contributed by atoms with Gasteiger partial charge in [0, 0.05) is 11.3 Å². The number of nitrogens with one attached hydrogen (secondary N) is 1. The van der Waals surface area contributed by atoms with Gasteiger partial charge in [0.2, 0.25) is 5.91 Å². The zero-order valence-electron chi connectivity index (χ0n) is 12.6. The van der Waals surface area contributed by atoms with Crippen molar-refractivity contribution in [3.05, 3.63) is 57.3 Å². The smallest absolute Gasteiger partial charge is 0.330 e. The maximum Gasteiger partial charge on any atom is 0.330 e. The van der Waals surface area contributed by atoms with Gasteiger partial charge in [-0.05, 0) is 48.4 Å². The van der Waals surface area contributed by atoms with Crippen molar-refractivity contribution in [1.29, 1.82) is 0 Å². The van der Waals surface area contributed by atoms with E-state index in [4.69, 9.17) is 0 Å². The second-order valence-electron chi connectivity index (χ2n) is 5.21. The number of thiophene rings is 1. The molecular formula is C17H19NO3S. The number of rotatable bonds is 6. The number of hydrogen-bond acceptors (Lipinski definition) is 3. The summed E-state index contributed by atoms with van der Waals surface area (Å²) >= 11 is 1.59. The van der Waals surface area contributed by atoms with E-state index in [2.05, 4.69) is 5.32 Å². The lowest BCUT2D eigenvalue weighted by Gasteiger charge is -2.18. The van der Waals surface area contributed by atoms with Gasteiger partial charge in [-0.1, -0.05) is 24.3 Å². The summed E-state index contributed by atoms with van der Waals surface area (Å²) in [6.45, 7) is 3.80. The van der Waals surface area contributed by atoms with Gasteiger partial charge in [-0.25, -0.2) is 4.79 Å². The molecular weight excluding hydrogens is 298 g/mol. The van der Waals surface area contributed by atoms with Crippen molar-refractivity contribution in [3.8, 4) is 0 Å². The average Bonchev–Trinajstić information content (AvgIpc) is 2.99. The SMILES string of the molecule is Cc1cccc(C(NC(=O)CCc2cccs2)C(=O)O)c1C. The van der Waals surface area contributed by atoms with Crippen molar-refractivity contribution in [2.24, 2.45) is 0 Å². The topological polar surface area (TPSA) is 66.4 Å². The highest BCUT2D eigenvalue weighted by Crippen LogP contribution is 2.21. The van der Waals surface area contributed by atoms with Crippen molar-refractivity contribution in [1.82, 2.24) is 5.32 Å². The Morgan fingerprint density at radius 2 is 2.00 bits per heavy atom. The molecule has 1 aromatic heterocycles. The summed E-state index contributed by atoms with van der Waals surface area (Å²) < 4.78 is 0. The molecule has 4 nitrogen and oxygen atoms in total. The fourth-order valence-electron chi connectivity index (χ4n) is 2.28. The van der Waals surface area contributed by atoms with E-state index in [1.165, 1.54) is 0 Å². The van der Waals surface area contributed by atoms with E-state index in [1.807, 2.05) is 43.5 Å². The van der Waals surface area contributed by atoms with Crippen molar-refractivity contribution in [2.45, 2.75) is 32.7 Å². The Kier molecular flexibility index (Phi) is 5.33. The minimum absolute atomic E-state index is 0.248. The van der Waals surface area contributed by atoms with Gasteiger partial charge in [-0.15, -0.1) is 11.3 Å². The number of hydrogen-bond donors (Lipinski definition) is 2. The Balaban J connectivity index is 2.07. The Bertz CT molecular complexity index is 665. The summed E-state index contributed by atoms with van der Waals surface area (Å²) in [6.07, 6.45) is 0.914. The number of benzene rings is 1. The fourth-order valence-corrected chi connectivity index (χ4v) is 2.99. The molecule has 0 bridgehead atoms. The number of aliphatic carboxylic acids is 1. The first-order valence-corrected chi connectivity index (χ1v) is 7.97. The summed E-state index contributed by atoms with van der Waals surface area (Å²) in [5, 5.41) is 14.0. The molecule has 1 unspecified atom stereocenters. The Morgan fingerprint density at radius 1 is 1.23 bits per heavy atom. The van der Waals surface area contributed by atoms with E-state index < -0.39 is 12.0 Å². The van der Waals surface area contributed by atoms with Gasteiger partial charge in [0.25, 0.3) is 0 Å². The second kappa shape index (κ2) is 7.22. The summed E-state index contributed by atoms with van der Waals surface area (Å²) in [5.74, 6) is -1.29. The molecule has 0 radical (unpaired) electrons. The molecule has 1 atom stereocenters. The van der Waals surface area contributed by atoms with Crippen LogP contribution in [0.3, 0.4) is 0 Å². The molecule has 1 heterocycles. The molecule has 0 spiro atoms. The molecule has 116 valence electrons. The quantitative estimate of drug-likeness (QED) is 0.859. The van der Waals surface area contributed by atoms with Gasteiger partial charge in [0.15, 0.2) is 6.04 Å². The van der Waals surface area contributed by atoms with E-state index in [9.17, 15) is 14.7 Å². The monoisotopic (exact) mass is 317 g/mol. The molecule has 2 N–H and O–H groups in total. The highest BCUT2D eigenvalue weighted by molar-refractivity contribution is 7.09. The van der Waals surface area contributed by atoms with Crippen LogP contribution in [0, 0.1) is 13.8 Å². The zero-order valence-corrected chi connectivity index (χ0v) is 13.4. The first kappa shape index (κ1) is 16.2. The number of carboxylic acids is 1. The highest BCUT2D eigenvalue weighted by atomic mass is 32.1. The minimum atomic E-state index is -1.04.